The van der Waals surface area contributed by atoms with Crippen LogP contribution < -0.4 is 16.6 Å². The molecule has 1 aromatic carbocycles. The molecule has 140 valence electrons. The maximum absolute atomic E-state index is 12.3. The average molecular weight is 373 g/mol. The molecule has 0 bridgehead atoms. The van der Waals surface area contributed by atoms with E-state index in [9.17, 15) is 32.3 Å². The zero-order chi connectivity index (χ0) is 19.5. The van der Waals surface area contributed by atoms with Gasteiger partial charge in [0, 0.05) is 13.0 Å². The van der Waals surface area contributed by atoms with Crippen molar-refractivity contribution in [2.24, 2.45) is 0 Å². The Bertz CT molecular complexity index is 948. The molecule has 3 N–H and O–H groups in total. The normalized spacial score (nSPS) is 12.7. The Balaban J connectivity index is 2.15. The van der Waals surface area contributed by atoms with Crippen molar-refractivity contribution in [1.82, 2.24) is 14.9 Å². The smallest absolute Gasteiger partial charge is 0.391 e. The van der Waals surface area contributed by atoms with Crippen LogP contribution in [0.1, 0.15) is 12.8 Å². The standard InChI is InChI=1S/C15H14F3N3O5/c16-15(17,18)7-9(13(24)25)19-11(22)5-6-21-10-4-2-1-3-8(10)12(23)20-14(21)26/h1-4,9H,5-7H2,(H,19,22)(H,24,25)(H,20,23,26). The average Bonchev–Trinajstić information content (AvgIpc) is 2.52. The van der Waals surface area contributed by atoms with E-state index in [0.29, 0.717) is 0 Å². The molecule has 11 heteroatoms. The highest BCUT2D eigenvalue weighted by Crippen LogP contribution is 2.21. The Hall–Kier alpha value is -3.11. The number of aryl methyl sites for hydroxylation is 1. The number of rotatable bonds is 6. The molecule has 1 amide bonds. The van der Waals surface area contributed by atoms with E-state index in [0.717, 1.165) is 4.57 Å². The largest absolute Gasteiger partial charge is 0.480 e. The van der Waals surface area contributed by atoms with Gasteiger partial charge in [-0.15, -0.1) is 0 Å². The molecule has 1 aromatic heterocycles. The van der Waals surface area contributed by atoms with Gasteiger partial charge >= 0.3 is 17.8 Å². The maximum Gasteiger partial charge on any atom is 0.391 e. The number of alkyl halides is 3. The van der Waals surface area contributed by atoms with Crippen molar-refractivity contribution in [3.05, 3.63) is 45.1 Å². The summed E-state index contributed by atoms with van der Waals surface area (Å²) in [6, 6.07) is 3.98. The molecule has 0 radical (unpaired) electrons. The van der Waals surface area contributed by atoms with Crippen LogP contribution in [-0.4, -0.2) is 38.8 Å². The Morgan fingerprint density at radius 2 is 1.88 bits per heavy atom. The highest BCUT2D eigenvalue weighted by atomic mass is 19.4. The van der Waals surface area contributed by atoms with Gasteiger partial charge in [-0.1, -0.05) is 12.1 Å². The second-order valence-electron chi connectivity index (χ2n) is 5.46. The first-order chi connectivity index (χ1) is 12.1. The van der Waals surface area contributed by atoms with Gasteiger partial charge in [0.15, 0.2) is 0 Å². The van der Waals surface area contributed by atoms with Crippen molar-refractivity contribution in [2.45, 2.75) is 31.6 Å². The number of nitrogens with one attached hydrogen (secondary N) is 2. The Morgan fingerprint density at radius 1 is 1.23 bits per heavy atom. The number of aromatic amines is 1. The lowest BCUT2D eigenvalue weighted by Gasteiger charge is -2.16. The van der Waals surface area contributed by atoms with Crippen LogP contribution in [0.15, 0.2) is 33.9 Å². The molecular weight excluding hydrogens is 359 g/mol. The van der Waals surface area contributed by atoms with E-state index in [2.05, 4.69) is 4.98 Å². The van der Waals surface area contributed by atoms with Gasteiger partial charge < -0.3 is 10.4 Å². The summed E-state index contributed by atoms with van der Waals surface area (Å²) in [6.45, 7) is -0.250. The molecule has 0 spiro atoms. The second-order valence-corrected chi connectivity index (χ2v) is 5.46. The summed E-state index contributed by atoms with van der Waals surface area (Å²) in [5, 5.41) is 10.8. The predicted molar refractivity (Wildman–Crippen MR) is 83.7 cm³/mol. The molecule has 0 aliphatic rings. The SMILES string of the molecule is O=C(CCn1c(=O)[nH]c(=O)c2ccccc21)NC(CC(F)(F)F)C(=O)O. The van der Waals surface area contributed by atoms with E-state index in [1.54, 1.807) is 17.4 Å². The minimum Gasteiger partial charge on any atom is -0.480 e. The van der Waals surface area contributed by atoms with Crippen LogP contribution in [-0.2, 0) is 16.1 Å². The zero-order valence-corrected chi connectivity index (χ0v) is 13.2. The fraction of sp³-hybridized carbons (Fsp3) is 0.333. The number of carboxylic acid groups (broad SMARTS) is 1. The van der Waals surface area contributed by atoms with Gasteiger partial charge in [-0.3, -0.25) is 19.1 Å². The molecule has 0 saturated heterocycles. The minimum atomic E-state index is -4.76. The van der Waals surface area contributed by atoms with Crippen LogP contribution in [0.5, 0.6) is 0 Å². The Labute approximate surface area is 143 Å². The molecule has 1 unspecified atom stereocenters. The van der Waals surface area contributed by atoms with Crippen LogP contribution in [0.4, 0.5) is 13.2 Å². The number of para-hydroxylation sites is 1. The summed E-state index contributed by atoms with van der Waals surface area (Å²) < 4.78 is 38.1. The summed E-state index contributed by atoms with van der Waals surface area (Å²) in [5.41, 5.74) is -1.15. The lowest BCUT2D eigenvalue weighted by atomic mass is 10.2. The van der Waals surface area contributed by atoms with Crippen LogP contribution >= 0.6 is 0 Å². The summed E-state index contributed by atoms with van der Waals surface area (Å²) >= 11 is 0. The third-order valence-electron chi connectivity index (χ3n) is 3.54. The number of aliphatic carboxylic acids is 1. The van der Waals surface area contributed by atoms with Gasteiger partial charge in [-0.2, -0.15) is 13.2 Å². The van der Waals surface area contributed by atoms with Gasteiger partial charge in [0.25, 0.3) is 5.56 Å². The van der Waals surface area contributed by atoms with Crippen LogP contribution in [0, 0.1) is 0 Å². The van der Waals surface area contributed by atoms with Gasteiger partial charge in [-0.05, 0) is 12.1 Å². The number of halogens is 3. The van der Waals surface area contributed by atoms with Crippen LogP contribution in [0.3, 0.4) is 0 Å². The van der Waals surface area contributed by atoms with Crippen molar-refractivity contribution >= 4 is 22.8 Å². The first-order valence-electron chi connectivity index (χ1n) is 7.39. The summed E-state index contributed by atoms with van der Waals surface area (Å²) in [7, 11) is 0. The fourth-order valence-electron chi connectivity index (χ4n) is 2.38. The molecule has 2 aromatic rings. The van der Waals surface area contributed by atoms with E-state index in [1.165, 1.54) is 12.1 Å². The van der Waals surface area contributed by atoms with Crippen LogP contribution in [0.2, 0.25) is 0 Å². The van der Waals surface area contributed by atoms with Crippen LogP contribution in [0.25, 0.3) is 10.9 Å². The molecule has 1 heterocycles. The number of nitrogens with zero attached hydrogens (tertiary/aromatic N) is 1. The quantitative estimate of drug-likeness (QED) is 0.685. The molecule has 0 saturated carbocycles. The second kappa shape index (κ2) is 7.42. The predicted octanol–water partition coefficient (Wildman–Crippen LogP) is 0.602. The highest BCUT2D eigenvalue weighted by Gasteiger charge is 2.36. The van der Waals surface area contributed by atoms with E-state index >= 15 is 0 Å². The number of hydrogen-bond donors (Lipinski definition) is 3. The van der Waals surface area contributed by atoms with Crippen molar-refractivity contribution in [3.8, 4) is 0 Å². The number of carboxylic acids is 1. The Morgan fingerprint density at radius 3 is 2.50 bits per heavy atom. The highest BCUT2D eigenvalue weighted by molar-refractivity contribution is 5.83. The summed E-state index contributed by atoms with van der Waals surface area (Å²) in [4.78, 5) is 48.4. The lowest BCUT2D eigenvalue weighted by Crippen LogP contribution is -2.44. The lowest BCUT2D eigenvalue weighted by molar-refractivity contribution is -0.160. The van der Waals surface area contributed by atoms with E-state index in [4.69, 9.17) is 5.11 Å². The summed E-state index contributed by atoms with van der Waals surface area (Å²) in [6.07, 6.45) is -6.92. The van der Waals surface area contributed by atoms with Crippen molar-refractivity contribution < 1.29 is 27.9 Å². The number of benzene rings is 1. The number of fused-ring (bicyclic) bond motifs is 1. The van der Waals surface area contributed by atoms with E-state index in [-0.39, 0.29) is 17.4 Å². The number of carbonyl (C=O) groups excluding carboxylic acids is 1. The van der Waals surface area contributed by atoms with Gasteiger partial charge in [-0.25, -0.2) is 9.59 Å². The molecule has 0 aliphatic carbocycles. The minimum absolute atomic E-state index is 0.202. The molecule has 26 heavy (non-hydrogen) atoms. The molecular formula is C15H14F3N3O5. The molecule has 1 atom stereocenters. The van der Waals surface area contributed by atoms with Gasteiger partial charge in [0.2, 0.25) is 5.91 Å². The third kappa shape index (κ3) is 4.71. The number of hydrogen-bond acceptors (Lipinski definition) is 4. The first kappa shape index (κ1) is 19.2. The monoisotopic (exact) mass is 373 g/mol. The number of carbonyl (C=O) groups is 2. The molecule has 0 fully saturated rings. The molecule has 0 aliphatic heterocycles. The maximum atomic E-state index is 12.3. The van der Waals surface area contributed by atoms with Gasteiger partial charge in [0.05, 0.1) is 17.3 Å². The molecule has 2 rings (SSSR count). The van der Waals surface area contributed by atoms with E-state index < -0.39 is 48.2 Å². The topological polar surface area (TPSA) is 121 Å². The number of H-pyrrole nitrogens is 1. The number of amides is 1. The Kier molecular flexibility index (Phi) is 5.48. The summed E-state index contributed by atoms with van der Waals surface area (Å²) in [5.74, 6) is -2.79. The van der Waals surface area contributed by atoms with Crippen molar-refractivity contribution in [3.63, 3.8) is 0 Å². The fourth-order valence-corrected chi connectivity index (χ4v) is 2.38. The van der Waals surface area contributed by atoms with E-state index in [1.807, 2.05) is 0 Å². The van der Waals surface area contributed by atoms with Crippen molar-refractivity contribution in [1.29, 1.82) is 0 Å². The zero-order valence-electron chi connectivity index (χ0n) is 13.2. The third-order valence-corrected chi connectivity index (χ3v) is 3.54. The van der Waals surface area contributed by atoms with Gasteiger partial charge in [0.1, 0.15) is 6.04 Å². The number of aromatic nitrogens is 2. The molecule has 8 nitrogen and oxygen atoms in total. The van der Waals surface area contributed by atoms with Crippen molar-refractivity contribution in [2.75, 3.05) is 0 Å². The first-order valence-corrected chi connectivity index (χ1v) is 7.39.